The summed E-state index contributed by atoms with van der Waals surface area (Å²) in [4.78, 5) is 23.9. The standard InChI is InChI=1S/C21H24BClFNO5/c1-11(2)21(22)9-12-7-16(30-6-4-5-29-3)15(23)8-13(12)18-17(24)19(26)14(20(27)28)10-25(18)21/h7-8,10-11H,4-6,9,22H2,1-3H3,(H,27,28)/t21-/m0/s1. The highest BCUT2D eigenvalue weighted by Crippen LogP contribution is 2.44. The van der Waals surface area contributed by atoms with Gasteiger partial charge in [-0.25, -0.2) is 9.18 Å². The van der Waals surface area contributed by atoms with E-state index in [2.05, 4.69) is 0 Å². The summed E-state index contributed by atoms with van der Waals surface area (Å²) in [5, 5.41) is 9.66. The highest BCUT2D eigenvalue weighted by molar-refractivity contribution is 6.32. The van der Waals surface area contributed by atoms with E-state index in [1.165, 1.54) is 6.20 Å². The second-order valence-corrected chi connectivity index (χ2v) is 8.44. The molecule has 1 aromatic carbocycles. The lowest BCUT2D eigenvalue weighted by atomic mass is 9.63. The van der Waals surface area contributed by atoms with Crippen LogP contribution >= 0.6 is 11.6 Å². The Balaban J connectivity index is 2.21. The summed E-state index contributed by atoms with van der Waals surface area (Å²) in [6.45, 7) is 4.92. The summed E-state index contributed by atoms with van der Waals surface area (Å²) < 4.78 is 27.6. The van der Waals surface area contributed by atoms with Crippen LogP contribution in [0.2, 0.25) is 5.02 Å². The van der Waals surface area contributed by atoms with Gasteiger partial charge in [0.1, 0.15) is 19.2 Å². The van der Waals surface area contributed by atoms with Gasteiger partial charge >= 0.3 is 5.97 Å². The third-order valence-electron chi connectivity index (χ3n) is 5.89. The number of carboxylic acid groups (broad SMARTS) is 1. The van der Waals surface area contributed by atoms with Crippen LogP contribution in [0.1, 0.15) is 36.2 Å². The van der Waals surface area contributed by atoms with Crippen molar-refractivity contribution in [3.05, 3.63) is 50.5 Å². The molecule has 0 bridgehead atoms. The SMILES string of the molecule is B[C@@]1(C(C)C)Cc2cc(OCCCOC)c(Cl)cc2-c2c(F)c(=O)c(C(=O)O)cn21. The van der Waals surface area contributed by atoms with Crippen LogP contribution < -0.4 is 10.2 Å². The second kappa shape index (κ2) is 8.43. The summed E-state index contributed by atoms with van der Waals surface area (Å²) >= 11 is 6.39. The average Bonchev–Trinajstić information content (AvgIpc) is 2.68. The summed E-state index contributed by atoms with van der Waals surface area (Å²) in [6.07, 6.45) is 2.44. The van der Waals surface area contributed by atoms with E-state index < -0.39 is 28.2 Å². The number of aromatic carboxylic acids is 1. The van der Waals surface area contributed by atoms with Gasteiger partial charge in [-0.05, 0) is 30.0 Å². The Kier molecular flexibility index (Phi) is 6.29. The molecule has 0 amide bonds. The topological polar surface area (TPSA) is 77.8 Å². The summed E-state index contributed by atoms with van der Waals surface area (Å²) in [7, 11) is 3.54. The molecule has 2 aromatic rings. The van der Waals surface area contributed by atoms with Crippen molar-refractivity contribution in [1.82, 2.24) is 4.57 Å². The van der Waals surface area contributed by atoms with Gasteiger partial charge in [0.05, 0.1) is 17.3 Å². The van der Waals surface area contributed by atoms with Gasteiger partial charge < -0.3 is 19.1 Å². The lowest BCUT2D eigenvalue weighted by Gasteiger charge is -2.43. The molecule has 1 atom stereocenters. The predicted octanol–water partition coefficient (Wildman–Crippen LogP) is 2.92. The van der Waals surface area contributed by atoms with Gasteiger partial charge in [-0.2, -0.15) is 0 Å². The second-order valence-electron chi connectivity index (χ2n) is 8.03. The number of benzene rings is 1. The number of carbonyl (C=O) groups is 1. The molecule has 0 saturated heterocycles. The van der Waals surface area contributed by atoms with Gasteiger partial charge in [-0.15, -0.1) is 0 Å². The van der Waals surface area contributed by atoms with Crippen LogP contribution in [-0.4, -0.2) is 43.8 Å². The monoisotopic (exact) mass is 435 g/mol. The summed E-state index contributed by atoms with van der Waals surface area (Å²) in [5.41, 5.74) is -1.07. The van der Waals surface area contributed by atoms with Gasteiger partial charge in [-0.3, -0.25) is 4.79 Å². The van der Waals surface area contributed by atoms with Gasteiger partial charge in [0.15, 0.2) is 5.82 Å². The molecule has 1 aliphatic rings. The number of hydrogen-bond donors (Lipinski definition) is 1. The van der Waals surface area contributed by atoms with E-state index in [1.807, 2.05) is 21.7 Å². The highest BCUT2D eigenvalue weighted by Gasteiger charge is 2.39. The molecule has 1 aromatic heterocycles. The number of pyridine rings is 1. The van der Waals surface area contributed by atoms with Crippen molar-refractivity contribution in [2.45, 2.75) is 32.1 Å². The maximum Gasteiger partial charge on any atom is 0.341 e. The van der Waals surface area contributed by atoms with E-state index in [0.717, 1.165) is 5.56 Å². The molecule has 0 saturated carbocycles. The average molecular weight is 436 g/mol. The first-order chi connectivity index (χ1) is 14.1. The number of ether oxygens (including phenoxy) is 2. The highest BCUT2D eigenvalue weighted by atomic mass is 35.5. The van der Waals surface area contributed by atoms with Crippen LogP contribution in [0.5, 0.6) is 5.75 Å². The summed E-state index contributed by atoms with van der Waals surface area (Å²) in [6, 6.07) is 3.36. The fraction of sp³-hybridized carbons (Fsp3) is 0.429. The Morgan fingerprint density at radius 2 is 2.10 bits per heavy atom. The minimum Gasteiger partial charge on any atom is -0.492 e. The first-order valence-corrected chi connectivity index (χ1v) is 10.1. The van der Waals surface area contributed by atoms with E-state index in [4.69, 9.17) is 21.1 Å². The predicted molar refractivity (Wildman–Crippen MR) is 115 cm³/mol. The quantitative estimate of drug-likeness (QED) is 0.534. The number of methoxy groups -OCH3 is 1. The zero-order valence-electron chi connectivity index (χ0n) is 17.4. The molecule has 2 heterocycles. The Morgan fingerprint density at radius 1 is 1.40 bits per heavy atom. The number of nitrogens with zero attached hydrogens (tertiary/aromatic N) is 1. The molecule has 0 radical (unpaired) electrons. The number of aromatic nitrogens is 1. The maximum absolute atomic E-state index is 15.2. The zero-order valence-corrected chi connectivity index (χ0v) is 18.2. The molecular weight excluding hydrogens is 411 g/mol. The Labute approximate surface area is 180 Å². The fourth-order valence-electron chi connectivity index (χ4n) is 3.80. The number of fused-ring (bicyclic) bond motifs is 3. The first-order valence-electron chi connectivity index (χ1n) is 9.75. The van der Waals surface area contributed by atoms with Gasteiger partial charge in [0, 0.05) is 37.3 Å². The van der Waals surface area contributed by atoms with Crippen LogP contribution in [0.4, 0.5) is 4.39 Å². The van der Waals surface area contributed by atoms with Crippen LogP contribution in [0.15, 0.2) is 23.1 Å². The Hall–Kier alpha value is -2.32. The van der Waals surface area contributed by atoms with E-state index in [1.54, 1.807) is 23.8 Å². The minimum atomic E-state index is -1.45. The molecule has 6 nitrogen and oxygen atoms in total. The third-order valence-corrected chi connectivity index (χ3v) is 6.18. The van der Waals surface area contributed by atoms with Crippen molar-refractivity contribution in [3.8, 4) is 17.0 Å². The lowest BCUT2D eigenvalue weighted by Crippen LogP contribution is -2.46. The molecular formula is C21H24BClFNO5. The lowest BCUT2D eigenvalue weighted by molar-refractivity contribution is 0.0693. The van der Waals surface area contributed by atoms with E-state index in [0.29, 0.717) is 42.4 Å². The maximum atomic E-state index is 15.2. The van der Waals surface area contributed by atoms with E-state index in [9.17, 15) is 14.7 Å². The molecule has 0 aliphatic carbocycles. The molecule has 9 heteroatoms. The van der Waals surface area contributed by atoms with Gasteiger partial charge in [-0.1, -0.05) is 25.4 Å². The number of hydrogen-bond acceptors (Lipinski definition) is 4. The Bertz CT molecular complexity index is 1050. The molecule has 1 aliphatic heterocycles. The van der Waals surface area contributed by atoms with Gasteiger partial charge in [0.2, 0.25) is 5.43 Å². The first kappa shape index (κ1) is 22.4. The molecule has 0 unspecified atom stereocenters. The fourth-order valence-corrected chi connectivity index (χ4v) is 4.02. The van der Waals surface area contributed by atoms with Crippen molar-refractivity contribution in [3.63, 3.8) is 0 Å². The normalized spacial score (nSPS) is 17.5. The van der Waals surface area contributed by atoms with E-state index >= 15 is 4.39 Å². The third kappa shape index (κ3) is 3.74. The molecule has 0 fully saturated rings. The number of rotatable bonds is 7. The summed E-state index contributed by atoms with van der Waals surface area (Å²) in [5.74, 6) is -2.04. The minimum absolute atomic E-state index is 0.0229. The largest absolute Gasteiger partial charge is 0.492 e. The van der Waals surface area contributed by atoms with Crippen molar-refractivity contribution in [1.29, 1.82) is 0 Å². The molecule has 3 rings (SSSR count). The van der Waals surface area contributed by atoms with Crippen LogP contribution in [0, 0.1) is 11.7 Å². The van der Waals surface area contributed by atoms with Crippen molar-refractivity contribution in [2.75, 3.05) is 20.3 Å². The number of halogens is 2. The zero-order chi connectivity index (χ0) is 22.2. The number of carboxylic acids is 1. The molecule has 0 spiro atoms. The molecule has 1 N–H and O–H groups in total. The molecule has 30 heavy (non-hydrogen) atoms. The van der Waals surface area contributed by atoms with Crippen LogP contribution in [-0.2, 0) is 16.6 Å². The Morgan fingerprint density at radius 3 is 2.70 bits per heavy atom. The van der Waals surface area contributed by atoms with Crippen molar-refractivity contribution >= 4 is 25.4 Å². The van der Waals surface area contributed by atoms with Crippen molar-refractivity contribution < 1.29 is 23.8 Å². The van der Waals surface area contributed by atoms with Crippen LogP contribution in [0.25, 0.3) is 11.3 Å². The van der Waals surface area contributed by atoms with Crippen LogP contribution in [0.3, 0.4) is 0 Å². The van der Waals surface area contributed by atoms with Crippen molar-refractivity contribution in [2.24, 2.45) is 5.92 Å². The smallest absolute Gasteiger partial charge is 0.341 e. The van der Waals surface area contributed by atoms with E-state index in [-0.39, 0.29) is 11.6 Å². The van der Waals surface area contributed by atoms with Gasteiger partial charge in [0.25, 0.3) is 0 Å². The molecule has 160 valence electrons.